The number of rotatable bonds is 4. The minimum absolute atomic E-state index is 0.222. The molecule has 0 fully saturated rings. The van der Waals surface area contributed by atoms with Crippen LogP contribution in [0, 0.1) is 5.82 Å². The number of hydrogen-bond acceptors (Lipinski definition) is 3. The Morgan fingerprint density at radius 2 is 1.86 bits per heavy atom. The van der Waals surface area contributed by atoms with Gasteiger partial charge in [-0.1, -0.05) is 12.1 Å². The number of halogens is 1. The molecule has 3 rings (SSSR count). The number of pyridine rings is 1. The van der Waals surface area contributed by atoms with E-state index in [-0.39, 0.29) is 5.82 Å². The largest absolute Gasteiger partial charge is 0.398 e. The molecule has 1 aromatic carbocycles. The molecule has 0 atom stereocenters. The minimum atomic E-state index is -0.222. The van der Waals surface area contributed by atoms with Crippen molar-refractivity contribution in [2.24, 2.45) is 0 Å². The lowest BCUT2D eigenvalue weighted by molar-refractivity contribution is 0.394. The molecule has 0 aliphatic heterocycles. The van der Waals surface area contributed by atoms with Gasteiger partial charge in [0.25, 0.3) is 0 Å². The Hall–Kier alpha value is -2.40. The van der Waals surface area contributed by atoms with Crippen molar-refractivity contribution in [3.63, 3.8) is 0 Å². The predicted octanol–water partition coefficient (Wildman–Crippen LogP) is 2.71. The highest BCUT2D eigenvalue weighted by Gasteiger charge is 2.13. The molecule has 0 aliphatic rings. The molecule has 22 heavy (non-hydrogen) atoms. The molecule has 2 aromatic heterocycles. The van der Waals surface area contributed by atoms with Crippen molar-refractivity contribution in [3.05, 3.63) is 65.4 Å². The molecule has 0 aliphatic carbocycles. The molecule has 5 heteroatoms. The smallest absolute Gasteiger partial charge is 0.137 e. The van der Waals surface area contributed by atoms with E-state index in [0.29, 0.717) is 12.1 Å². The zero-order valence-corrected chi connectivity index (χ0v) is 12.8. The van der Waals surface area contributed by atoms with E-state index in [4.69, 9.17) is 10.7 Å². The molecule has 0 saturated carbocycles. The number of hydrogen-bond donors (Lipinski definition) is 1. The molecule has 114 valence electrons. The third-order valence-electron chi connectivity index (χ3n) is 3.57. The highest BCUT2D eigenvalue weighted by atomic mass is 19.1. The fourth-order valence-electron chi connectivity index (χ4n) is 2.56. The number of fused-ring (bicyclic) bond motifs is 1. The summed E-state index contributed by atoms with van der Waals surface area (Å²) in [6.07, 6.45) is 2.57. The fraction of sp³-hybridized carbons (Fsp3) is 0.235. The Labute approximate surface area is 129 Å². The molecule has 0 saturated heterocycles. The van der Waals surface area contributed by atoms with Gasteiger partial charge in [-0.15, -0.1) is 0 Å². The van der Waals surface area contributed by atoms with Crippen LogP contribution in [0.2, 0.25) is 0 Å². The van der Waals surface area contributed by atoms with Crippen molar-refractivity contribution < 1.29 is 4.39 Å². The van der Waals surface area contributed by atoms with E-state index < -0.39 is 0 Å². The first-order chi connectivity index (χ1) is 10.5. The minimum Gasteiger partial charge on any atom is -0.398 e. The monoisotopic (exact) mass is 298 g/mol. The van der Waals surface area contributed by atoms with E-state index in [0.717, 1.165) is 29.1 Å². The second kappa shape index (κ2) is 5.77. The summed E-state index contributed by atoms with van der Waals surface area (Å²) in [7, 11) is 4.04. The van der Waals surface area contributed by atoms with Crippen LogP contribution in [0.25, 0.3) is 5.65 Å². The van der Waals surface area contributed by atoms with Gasteiger partial charge >= 0.3 is 0 Å². The van der Waals surface area contributed by atoms with Crippen LogP contribution >= 0.6 is 0 Å². The maximum Gasteiger partial charge on any atom is 0.137 e. The maximum absolute atomic E-state index is 13.0. The summed E-state index contributed by atoms with van der Waals surface area (Å²) in [4.78, 5) is 6.81. The second-order valence-electron chi connectivity index (χ2n) is 5.74. The molecule has 2 N–H and O–H groups in total. The Bertz CT molecular complexity index is 790. The first-order valence-corrected chi connectivity index (χ1v) is 7.17. The number of nitrogens with zero attached hydrogens (tertiary/aromatic N) is 3. The summed E-state index contributed by atoms with van der Waals surface area (Å²) in [5.41, 5.74) is 10.6. The van der Waals surface area contributed by atoms with E-state index >= 15 is 0 Å². The molecule has 0 unspecified atom stereocenters. The molecule has 0 spiro atoms. The van der Waals surface area contributed by atoms with E-state index in [2.05, 4.69) is 4.90 Å². The van der Waals surface area contributed by atoms with Gasteiger partial charge in [0.05, 0.1) is 11.4 Å². The topological polar surface area (TPSA) is 46.6 Å². The molecule has 4 nitrogen and oxygen atoms in total. The zero-order chi connectivity index (χ0) is 15.7. The molecule has 0 radical (unpaired) electrons. The molecule has 3 aromatic rings. The number of benzene rings is 1. The molecule has 0 bridgehead atoms. The van der Waals surface area contributed by atoms with Crippen LogP contribution in [0.3, 0.4) is 0 Å². The van der Waals surface area contributed by atoms with Crippen molar-refractivity contribution in [3.8, 4) is 0 Å². The summed E-state index contributed by atoms with van der Waals surface area (Å²) in [5.74, 6) is -0.222. The Morgan fingerprint density at radius 1 is 1.14 bits per heavy atom. The van der Waals surface area contributed by atoms with Gasteiger partial charge in [-0.2, -0.15) is 0 Å². The SMILES string of the molecule is CN(C)Cc1c(Cc2ccc(F)cc2)nc2ccc(N)cn12. The Kier molecular flexibility index (Phi) is 3.81. The summed E-state index contributed by atoms with van der Waals surface area (Å²) in [6.45, 7) is 0.765. The van der Waals surface area contributed by atoms with E-state index in [1.54, 1.807) is 12.1 Å². The van der Waals surface area contributed by atoms with Crippen LogP contribution in [-0.2, 0) is 13.0 Å². The quantitative estimate of drug-likeness (QED) is 0.805. The van der Waals surface area contributed by atoms with Crippen LogP contribution in [0.15, 0.2) is 42.6 Å². The Balaban J connectivity index is 2.05. The average molecular weight is 298 g/mol. The first kappa shape index (κ1) is 14.5. The first-order valence-electron chi connectivity index (χ1n) is 7.17. The van der Waals surface area contributed by atoms with Gasteiger partial charge in [0, 0.05) is 24.8 Å². The maximum atomic E-state index is 13.0. The van der Waals surface area contributed by atoms with Gasteiger partial charge in [-0.3, -0.25) is 0 Å². The Morgan fingerprint density at radius 3 is 2.55 bits per heavy atom. The standard InChI is InChI=1S/C17H19FN4/c1-21(2)11-16-15(9-12-3-5-13(18)6-4-12)20-17-8-7-14(19)10-22(16)17/h3-8,10H,9,11,19H2,1-2H3. The predicted molar refractivity (Wildman–Crippen MR) is 86.2 cm³/mol. The van der Waals surface area contributed by atoms with Crippen molar-refractivity contribution in [2.45, 2.75) is 13.0 Å². The lowest BCUT2D eigenvalue weighted by Gasteiger charge is -2.11. The molecular formula is C17H19FN4. The number of nitrogens with two attached hydrogens (primary N) is 1. The van der Waals surface area contributed by atoms with Gasteiger partial charge < -0.3 is 15.0 Å². The lowest BCUT2D eigenvalue weighted by Crippen LogP contribution is -2.14. The van der Waals surface area contributed by atoms with Crippen molar-refractivity contribution in [1.82, 2.24) is 14.3 Å². The number of imidazole rings is 1. The third kappa shape index (κ3) is 2.94. The molecule has 0 amide bonds. The normalized spacial score (nSPS) is 11.5. The molecule has 2 heterocycles. The van der Waals surface area contributed by atoms with E-state index in [1.165, 1.54) is 12.1 Å². The lowest BCUT2D eigenvalue weighted by atomic mass is 10.1. The van der Waals surface area contributed by atoms with Gasteiger partial charge in [0.15, 0.2) is 0 Å². The summed E-state index contributed by atoms with van der Waals surface area (Å²) in [6, 6.07) is 10.3. The highest BCUT2D eigenvalue weighted by molar-refractivity contribution is 5.50. The van der Waals surface area contributed by atoms with Crippen molar-refractivity contribution >= 4 is 11.3 Å². The summed E-state index contributed by atoms with van der Waals surface area (Å²) >= 11 is 0. The van der Waals surface area contributed by atoms with E-state index in [9.17, 15) is 4.39 Å². The van der Waals surface area contributed by atoms with Crippen LogP contribution in [-0.4, -0.2) is 28.4 Å². The van der Waals surface area contributed by atoms with Crippen molar-refractivity contribution in [2.75, 3.05) is 19.8 Å². The van der Waals surface area contributed by atoms with E-state index in [1.807, 2.05) is 36.8 Å². The van der Waals surface area contributed by atoms with Gasteiger partial charge in [0.1, 0.15) is 11.5 Å². The van der Waals surface area contributed by atoms with Crippen LogP contribution in [0.1, 0.15) is 17.0 Å². The highest BCUT2D eigenvalue weighted by Crippen LogP contribution is 2.19. The zero-order valence-electron chi connectivity index (χ0n) is 12.8. The van der Waals surface area contributed by atoms with Crippen LogP contribution in [0.5, 0.6) is 0 Å². The van der Waals surface area contributed by atoms with Gasteiger partial charge in [-0.05, 0) is 43.9 Å². The summed E-state index contributed by atoms with van der Waals surface area (Å²) < 4.78 is 15.1. The number of anilines is 1. The number of nitrogen functional groups attached to an aromatic ring is 1. The second-order valence-corrected chi connectivity index (χ2v) is 5.74. The third-order valence-corrected chi connectivity index (χ3v) is 3.57. The van der Waals surface area contributed by atoms with Crippen molar-refractivity contribution in [1.29, 1.82) is 0 Å². The fourth-order valence-corrected chi connectivity index (χ4v) is 2.56. The summed E-state index contributed by atoms with van der Waals surface area (Å²) in [5, 5.41) is 0. The number of aromatic nitrogens is 2. The average Bonchev–Trinajstić information content (AvgIpc) is 2.78. The molecular weight excluding hydrogens is 279 g/mol. The van der Waals surface area contributed by atoms with Crippen LogP contribution < -0.4 is 5.73 Å². The van der Waals surface area contributed by atoms with Gasteiger partial charge in [0.2, 0.25) is 0 Å². The van der Waals surface area contributed by atoms with Crippen LogP contribution in [0.4, 0.5) is 10.1 Å². The van der Waals surface area contributed by atoms with Gasteiger partial charge in [-0.25, -0.2) is 9.37 Å².